The highest BCUT2D eigenvalue weighted by molar-refractivity contribution is 7.98. The zero-order chi connectivity index (χ0) is 12.0. The fraction of sp³-hybridized carbons (Fsp3) is 0.455. The van der Waals surface area contributed by atoms with Crippen LogP contribution >= 0.6 is 11.8 Å². The SMILES string of the molecule is COc1ccc(C(O)CN)cc1OCSC. The molecule has 0 aromatic heterocycles. The molecule has 0 radical (unpaired) electrons. The van der Waals surface area contributed by atoms with Gasteiger partial charge in [-0.15, -0.1) is 11.8 Å². The largest absolute Gasteiger partial charge is 0.493 e. The monoisotopic (exact) mass is 243 g/mol. The summed E-state index contributed by atoms with van der Waals surface area (Å²) in [5, 5.41) is 9.62. The molecule has 1 aromatic carbocycles. The molecule has 1 atom stereocenters. The van der Waals surface area contributed by atoms with Gasteiger partial charge in [-0.25, -0.2) is 0 Å². The Balaban J connectivity index is 2.91. The highest BCUT2D eigenvalue weighted by atomic mass is 32.2. The first-order valence-electron chi connectivity index (χ1n) is 4.90. The average Bonchev–Trinajstić information content (AvgIpc) is 2.34. The Morgan fingerprint density at radius 1 is 1.44 bits per heavy atom. The predicted molar refractivity (Wildman–Crippen MR) is 66.0 cm³/mol. The Hall–Kier alpha value is -0.910. The van der Waals surface area contributed by atoms with Crippen LogP contribution in [-0.2, 0) is 0 Å². The van der Waals surface area contributed by atoms with Crippen LogP contribution in [0.2, 0.25) is 0 Å². The average molecular weight is 243 g/mol. The van der Waals surface area contributed by atoms with E-state index in [-0.39, 0.29) is 6.54 Å². The molecule has 0 aliphatic rings. The number of benzene rings is 1. The zero-order valence-corrected chi connectivity index (χ0v) is 10.3. The second-order valence-electron chi connectivity index (χ2n) is 3.21. The summed E-state index contributed by atoms with van der Waals surface area (Å²) in [6.45, 7) is 0.189. The zero-order valence-electron chi connectivity index (χ0n) is 9.47. The van der Waals surface area contributed by atoms with Crippen molar-refractivity contribution in [2.75, 3.05) is 25.8 Å². The number of ether oxygens (including phenoxy) is 2. The van der Waals surface area contributed by atoms with Crippen molar-refractivity contribution in [3.05, 3.63) is 23.8 Å². The third-order valence-electron chi connectivity index (χ3n) is 2.13. The van der Waals surface area contributed by atoms with Crippen molar-refractivity contribution in [3.63, 3.8) is 0 Å². The van der Waals surface area contributed by atoms with Crippen LogP contribution in [0.3, 0.4) is 0 Å². The first-order valence-corrected chi connectivity index (χ1v) is 6.30. The van der Waals surface area contributed by atoms with Gasteiger partial charge < -0.3 is 20.3 Å². The molecule has 1 unspecified atom stereocenters. The van der Waals surface area contributed by atoms with Gasteiger partial charge in [0.05, 0.1) is 13.2 Å². The third kappa shape index (κ3) is 3.30. The molecule has 16 heavy (non-hydrogen) atoms. The maximum atomic E-state index is 9.62. The van der Waals surface area contributed by atoms with Gasteiger partial charge in [0.2, 0.25) is 0 Å². The van der Waals surface area contributed by atoms with E-state index in [9.17, 15) is 5.11 Å². The smallest absolute Gasteiger partial charge is 0.162 e. The summed E-state index contributed by atoms with van der Waals surface area (Å²) in [6, 6.07) is 5.30. The molecule has 0 heterocycles. The highest BCUT2D eigenvalue weighted by Gasteiger charge is 2.10. The van der Waals surface area contributed by atoms with Crippen LogP contribution in [0.25, 0.3) is 0 Å². The molecule has 0 saturated carbocycles. The van der Waals surface area contributed by atoms with E-state index >= 15 is 0 Å². The lowest BCUT2D eigenvalue weighted by atomic mass is 10.1. The number of rotatable bonds is 6. The van der Waals surface area contributed by atoms with Gasteiger partial charge in [0.1, 0.15) is 5.94 Å². The standard InChI is InChI=1S/C11H17NO3S/c1-14-10-4-3-8(9(13)6-12)5-11(10)15-7-16-2/h3-5,9,13H,6-7,12H2,1-2H3. The third-order valence-corrected chi connectivity index (χ3v) is 2.48. The summed E-state index contributed by atoms with van der Waals surface area (Å²) in [6.07, 6.45) is 1.29. The fourth-order valence-corrected chi connectivity index (χ4v) is 1.52. The molecular weight excluding hydrogens is 226 g/mol. The normalized spacial score (nSPS) is 12.2. The van der Waals surface area contributed by atoms with E-state index in [4.69, 9.17) is 15.2 Å². The van der Waals surface area contributed by atoms with Gasteiger partial charge in [0, 0.05) is 6.54 Å². The lowest BCUT2D eigenvalue weighted by Crippen LogP contribution is -2.11. The molecule has 5 heteroatoms. The topological polar surface area (TPSA) is 64.7 Å². The molecule has 0 saturated heterocycles. The number of nitrogens with two attached hydrogens (primary N) is 1. The number of hydrogen-bond donors (Lipinski definition) is 2. The van der Waals surface area contributed by atoms with E-state index < -0.39 is 6.10 Å². The minimum absolute atomic E-state index is 0.189. The second-order valence-corrected chi connectivity index (χ2v) is 4.03. The molecular formula is C11H17NO3S. The van der Waals surface area contributed by atoms with Crippen LogP contribution < -0.4 is 15.2 Å². The summed E-state index contributed by atoms with van der Waals surface area (Å²) < 4.78 is 10.7. The first kappa shape index (κ1) is 13.2. The molecule has 0 bridgehead atoms. The Morgan fingerprint density at radius 3 is 2.75 bits per heavy atom. The van der Waals surface area contributed by atoms with Crippen LogP contribution in [0.5, 0.6) is 11.5 Å². The van der Waals surface area contributed by atoms with Crippen LogP contribution in [-0.4, -0.2) is 31.0 Å². The minimum atomic E-state index is -0.664. The quantitative estimate of drug-likeness (QED) is 0.739. The van der Waals surface area contributed by atoms with Crippen molar-refractivity contribution in [2.45, 2.75) is 6.10 Å². The number of thioether (sulfide) groups is 1. The van der Waals surface area contributed by atoms with E-state index in [1.807, 2.05) is 6.26 Å². The maximum absolute atomic E-state index is 9.62. The molecule has 1 aromatic rings. The summed E-state index contributed by atoms with van der Waals surface area (Å²) in [5.41, 5.74) is 6.13. The number of methoxy groups -OCH3 is 1. The first-order chi connectivity index (χ1) is 7.72. The van der Waals surface area contributed by atoms with Crippen molar-refractivity contribution in [2.24, 2.45) is 5.73 Å². The lowest BCUT2D eigenvalue weighted by Gasteiger charge is -2.13. The van der Waals surface area contributed by atoms with E-state index in [0.717, 1.165) is 5.56 Å². The molecule has 1 rings (SSSR count). The Morgan fingerprint density at radius 2 is 2.19 bits per heavy atom. The van der Waals surface area contributed by atoms with E-state index in [0.29, 0.717) is 17.4 Å². The molecule has 3 N–H and O–H groups in total. The van der Waals surface area contributed by atoms with Crippen LogP contribution in [0.1, 0.15) is 11.7 Å². The van der Waals surface area contributed by atoms with Crippen molar-refractivity contribution in [1.29, 1.82) is 0 Å². The molecule has 0 aliphatic heterocycles. The van der Waals surface area contributed by atoms with Crippen molar-refractivity contribution in [3.8, 4) is 11.5 Å². The number of hydrogen-bond acceptors (Lipinski definition) is 5. The van der Waals surface area contributed by atoms with Gasteiger partial charge >= 0.3 is 0 Å². The van der Waals surface area contributed by atoms with Gasteiger partial charge in [-0.3, -0.25) is 0 Å². The summed E-state index contributed by atoms with van der Waals surface area (Å²) in [4.78, 5) is 0. The van der Waals surface area contributed by atoms with Gasteiger partial charge in [-0.05, 0) is 24.0 Å². The van der Waals surface area contributed by atoms with Crippen molar-refractivity contribution in [1.82, 2.24) is 0 Å². The summed E-state index contributed by atoms with van der Waals surface area (Å²) >= 11 is 1.57. The predicted octanol–water partition coefficient (Wildman–Crippen LogP) is 1.39. The summed E-state index contributed by atoms with van der Waals surface area (Å²) in [7, 11) is 1.58. The van der Waals surface area contributed by atoms with Gasteiger partial charge in [-0.1, -0.05) is 6.07 Å². The van der Waals surface area contributed by atoms with Gasteiger partial charge in [0.15, 0.2) is 11.5 Å². The molecule has 0 spiro atoms. The molecule has 0 amide bonds. The van der Waals surface area contributed by atoms with E-state index in [1.165, 1.54) is 0 Å². The van der Waals surface area contributed by atoms with Crippen LogP contribution in [0.15, 0.2) is 18.2 Å². The molecule has 4 nitrogen and oxygen atoms in total. The summed E-state index contributed by atoms with van der Waals surface area (Å²) in [5.74, 6) is 1.82. The highest BCUT2D eigenvalue weighted by Crippen LogP contribution is 2.30. The Kier molecular flexibility index (Phi) is 5.45. The number of aliphatic hydroxyl groups is 1. The number of aliphatic hydroxyl groups excluding tert-OH is 1. The van der Waals surface area contributed by atoms with Gasteiger partial charge in [-0.2, -0.15) is 0 Å². The van der Waals surface area contributed by atoms with E-state index in [2.05, 4.69) is 0 Å². The fourth-order valence-electron chi connectivity index (χ4n) is 1.27. The molecule has 0 fully saturated rings. The minimum Gasteiger partial charge on any atom is -0.493 e. The van der Waals surface area contributed by atoms with Crippen molar-refractivity contribution < 1.29 is 14.6 Å². The van der Waals surface area contributed by atoms with Crippen LogP contribution in [0.4, 0.5) is 0 Å². The Labute approximate surface area is 99.7 Å². The van der Waals surface area contributed by atoms with E-state index in [1.54, 1.807) is 37.1 Å². The molecule has 90 valence electrons. The van der Waals surface area contributed by atoms with Crippen molar-refractivity contribution >= 4 is 11.8 Å². The second kappa shape index (κ2) is 6.62. The lowest BCUT2D eigenvalue weighted by molar-refractivity contribution is 0.186. The molecule has 0 aliphatic carbocycles. The Bertz CT molecular complexity index is 333. The maximum Gasteiger partial charge on any atom is 0.162 e. The van der Waals surface area contributed by atoms with Crippen LogP contribution in [0, 0.1) is 0 Å². The van der Waals surface area contributed by atoms with Gasteiger partial charge in [0.25, 0.3) is 0 Å².